The fourth-order valence-electron chi connectivity index (χ4n) is 2.29. The van der Waals surface area contributed by atoms with Gasteiger partial charge in [-0.05, 0) is 28.9 Å². The maximum Gasteiger partial charge on any atom is 0.126 e. The van der Waals surface area contributed by atoms with Crippen LogP contribution in [-0.4, -0.2) is 7.11 Å². The van der Waals surface area contributed by atoms with Crippen LogP contribution in [0.4, 0.5) is 0 Å². The van der Waals surface area contributed by atoms with E-state index in [-0.39, 0.29) is 10.8 Å². The van der Waals surface area contributed by atoms with Crippen LogP contribution in [0.3, 0.4) is 0 Å². The summed E-state index contributed by atoms with van der Waals surface area (Å²) in [5.74, 6) is 0.900. The molecule has 2 aromatic carbocycles. The van der Waals surface area contributed by atoms with E-state index in [2.05, 4.69) is 39.0 Å². The summed E-state index contributed by atoms with van der Waals surface area (Å²) < 4.78 is 5.43. The molecule has 0 N–H and O–H groups in total. The van der Waals surface area contributed by atoms with Gasteiger partial charge in [0.1, 0.15) is 5.75 Å². The summed E-state index contributed by atoms with van der Waals surface area (Å²) in [6.45, 7) is 6.61. The third kappa shape index (κ3) is 2.57. The quantitative estimate of drug-likeness (QED) is 0.664. The molecule has 0 heterocycles. The third-order valence-electron chi connectivity index (χ3n) is 4.01. The molecule has 1 nitrogen and oxygen atoms in total. The van der Waals surface area contributed by atoms with Crippen LogP contribution in [0.5, 0.6) is 5.75 Å². The number of halogens is 1. The van der Waals surface area contributed by atoms with Gasteiger partial charge in [-0.25, -0.2) is 0 Å². The van der Waals surface area contributed by atoms with Gasteiger partial charge >= 0.3 is 0 Å². The Bertz CT molecular complexity index is 574. The molecule has 2 heteroatoms. The van der Waals surface area contributed by atoms with Crippen LogP contribution in [0.2, 0.25) is 0 Å². The average Bonchev–Trinajstić information content (AvgIpc) is 2.45. The van der Waals surface area contributed by atoms with Crippen molar-refractivity contribution in [3.63, 3.8) is 0 Å². The van der Waals surface area contributed by atoms with Crippen molar-refractivity contribution >= 4 is 22.4 Å². The van der Waals surface area contributed by atoms with Gasteiger partial charge in [0.2, 0.25) is 0 Å². The van der Waals surface area contributed by atoms with Crippen LogP contribution >= 0.6 is 11.6 Å². The minimum absolute atomic E-state index is 0.00620. The Balaban J connectivity index is 2.63. The molecule has 0 bridgehead atoms. The first-order valence-electron chi connectivity index (χ1n) is 6.71. The lowest BCUT2D eigenvalue weighted by molar-refractivity contribution is 0.337. The molecule has 0 aliphatic carbocycles. The lowest BCUT2D eigenvalue weighted by Gasteiger charge is -2.30. The van der Waals surface area contributed by atoms with Crippen LogP contribution in [0, 0.1) is 5.41 Å². The van der Waals surface area contributed by atoms with Gasteiger partial charge in [0.05, 0.1) is 12.5 Å². The van der Waals surface area contributed by atoms with E-state index in [1.807, 2.05) is 18.2 Å². The largest absolute Gasteiger partial charge is 0.496 e. The Morgan fingerprint density at radius 2 is 1.74 bits per heavy atom. The molecule has 0 aliphatic rings. The second-order valence-electron chi connectivity index (χ2n) is 5.61. The van der Waals surface area contributed by atoms with Crippen molar-refractivity contribution in [3.8, 4) is 5.75 Å². The fraction of sp³-hybridized carbons (Fsp3) is 0.412. The zero-order valence-corrected chi connectivity index (χ0v) is 12.8. The van der Waals surface area contributed by atoms with Gasteiger partial charge < -0.3 is 4.74 Å². The van der Waals surface area contributed by atoms with Crippen LogP contribution in [0.25, 0.3) is 10.8 Å². The zero-order valence-electron chi connectivity index (χ0n) is 12.0. The van der Waals surface area contributed by atoms with Crippen LogP contribution in [0.15, 0.2) is 36.4 Å². The van der Waals surface area contributed by atoms with Crippen molar-refractivity contribution in [1.82, 2.24) is 0 Å². The number of rotatable bonds is 4. The first kappa shape index (κ1) is 14.2. The fourth-order valence-corrected chi connectivity index (χ4v) is 2.64. The highest BCUT2D eigenvalue weighted by molar-refractivity contribution is 6.22. The van der Waals surface area contributed by atoms with Crippen molar-refractivity contribution < 1.29 is 4.74 Å². The summed E-state index contributed by atoms with van der Waals surface area (Å²) in [4.78, 5) is 0. The molecule has 1 atom stereocenters. The van der Waals surface area contributed by atoms with Gasteiger partial charge in [-0.2, -0.15) is 0 Å². The average molecular weight is 277 g/mol. The summed E-state index contributed by atoms with van der Waals surface area (Å²) in [5.41, 5.74) is 1.25. The van der Waals surface area contributed by atoms with Gasteiger partial charge in [-0.3, -0.25) is 0 Å². The lowest BCUT2D eigenvalue weighted by atomic mass is 9.81. The van der Waals surface area contributed by atoms with Crippen molar-refractivity contribution in [1.29, 1.82) is 0 Å². The second-order valence-corrected chi connectivity index (χ2v) is 6.04. The molecule has 2 rings (SSSR count). The molecule has 102 valence electrons. The van der Waals surface area contributed by atoms with E-state index in [1.54, 1.807) is 7.11 Å². The first-order valence-corrected chi connectivity index (χ1v) is 7.14. The SMILES string of the molecule is CCC(C)(C)C(Cl)c1ccc(OC)c2ccccc12. The molecule has 2 aromatic rings. The minimum Gasteiger partial charge on any atom is -0.496 e. The van der Waals surface area contributed by atoms with Crippen LogP contribution < -0.4 is 4.74 Å². The number of benzene rings is 2. The standard InChI is InChI=1S/C17H21ClO/c1-5-17(2,3)16(18)14-10-11-15(19-4)13-9-7-6-8-12(13)14/h6-11,16H,5H2,1-4H3. The van der Waals surface area contributed by atoms with Gasteiger partial charge in [0, 0.05) is 5.39 Å². The first-order chi connectivity index (χ1) is 9.01. The number of ether oxygens (including phenoxy) is 1. The molecule has 0 fully saturated rings. The molecule has 0 saturated carbocycles. The van der Waals surface area contributed by atoms with Gasteiger partial charge in [0.25, 0.3) is 0 Å². The van der Waals surface area contributed by atoms with Crippen molar-refractivity contribution in [2.45, 2.75) is 32.6 Å². The molecular formula is C17H21ClO. The van der Waals surface area contributed by atoms with E-state index in [1.165, 1.54) is 10.9 Å². The number of methoxy groups -OCH3 is 1. The summed E-state index contributed by atoms with van der Waals surface area (Å²) in [6, 6.07) is 12.4. The number of hydrogen-bond acceptors (Lipinski definition) is 1. The molecular weight excluding hydrogens is 256 g/mol. The van der Waals surface area contributed by atoms with E-state index in [0.29, 0.717) is 0 Å². The molecule has 0 radical (unpaired) electrons. The lowest BCUT2D eigenvalue weighted by Crippen LogP contribution is -2.17. The van der Waals surface area contributed by atoms with Crippen molar-refractivity contribution in [2.24, 2.45) is 5.41 Å². The van der Waals surface area contributed by atoms with Gasteiger partial charge in [0.15, 0.2) is 0 Å². The number of hydrogen-bond donors (Lipinski definition) is 0. The number of fused-ring (bicyclic) bond motifs is 1. The molecule has 19 heavy (non-hydrogen) atoms. The van der Waals surface area contributed by atoms with Crippen molar-refractivity contribution in [2.75, 3.05) is 7.11 Å². The number of alkyl halides is 1. The maximum atomic E-state index is 6.73. The van der Waals surface area contributed by atoms with E-state index < -0.39 is 0 Å². The van der Waals surface area contributed by atoms with E-state index >= 15 is 0 Å². The highest BCUT2D eigenvalue weighted by Gasteiger charge is 2.28. The van der Waals surface area contributed by atoms with E-state index in [4.69, 9.17) is 16.3 Å². The van der Waals surface area contributed by atoms with Gasteiger partial charge in [-0.1, -0.05) is 51.1 Å². The zero-order chi connectivity index (χ0) is 14.0. The summed E-state index contributed by atoms with van der Waals surface area (Å²) in [6.07, 6.45) is 1.04. The molecule has 0 aromatic heterocycles. The second kappa shape index (κ2) is 5.42. The third-order valence-corrected chi connectivity index (χ3v) is 4.83. The Morgan fingerprint density at radius 3 is 2.32 bits per heavy atom. The van der Waals surface area contributed by atoms with Crippen molar-refractivity contribution in [3.05, 3.63) is 42.0 Å². The normalized spacial score (nSPS) is 13.5. The Kier molecular flexibility index (Phi) is 4.05. The van der Waals surface area contributed by atoms with Gasteiger partial charge in [-0.15, -0.1) is 11.6 Å². The topological polar surface area (TPSA) is 9.23 Å². The smallest absolute Gasteiger partial charge is 0.126 e. The van der Waals surface area contributed by atoms with Crippen LogP contribution in [0.1, 0.15) is 38.1 Å². The molecule has 1 unspecified atom stereocenters. The molecule has 0 saturated heterocycles. The Hall–Kier alpha value is -1.21. The summed E-state index contributed by atoms with van der Waals surface area (Å²) >= 11 is 6.73. The van der Waals surface area contributed by atoms with E-state index in [0.717, 1.165) is 17.6 Å². The Labute approximate surface area is 120 Å². The highest BCUT2D eigenvalue weighted by Crippen LogP contribution is 2.44. The van der Waals surface area contributed by atoms with Crippen LogP contribution in [-0.2, 0) is 0 Å². The molecule has 0 amide bonds. The predicted molar refractivity (Wildman–Crippen MR) is 83.2 cm³/mol. The monoisotopic (exact) mass is 276 g/mol. The minimum atomic E-state index is -0.00620. The maximum absolute atomic E-state index is 6.73. The summed E-state index contributed by atoms with van der Waals surface area (Å²) in [5, 5.41) is 2.30. The predicted octanol–water partition coefficient (Wildman–Crippen LogP) is 5.56. The summed E-state index contributed by atoms with van der Waals surface area (Å²) in [7, 11) is 1.70. The van der Waals surface area contributed by atoms with E-state index in [9.17, 15) is 0 Å². The molecule has 0 aliphatic heterocycles. The molecule has 0 spiro atoms. The highest BCUT2D eigenvalue weighted by atomic mass is 35.5. The Morgan fingerprint density at radius 1 is 1.11 bits per heavy atom.